The number of carboxylic acid groups (broad SMARTS) is 1. The van der Waals surface area contributed by atoms with Crippen LogP contribution < -0.4 is 5.73 Å². The van der Waals surface area contributed by atoms with E-state index in [0.29, 0.717) is 0 Å². The van der Waals surface area contributed by atoms with Gasteiger partial charge in [-0.05, 0) is 89.5 Å². The normalized spacial score (nSPS) is 16.1. The van der Waals surface area contributed by atoms with Crippen molar-refractivity contribution < 1.29 is 24.2 Å². The molecule has 3 aromatic carbocycles. The molecule has 0 radical (unpaired) electrons. The number of phenols is 1. The van der Waals surface area contributed by atoms with Gasteiger partial charge in [0.15, 0.2) is 0 Å². The molecule has 0 spiro atoms. The number of nitrogens with zero attached hydrogens (tertiary/aromatic N) is 1. The van der Waals surface area contributed by atoms with E-state index in [1.54, 1.807) is 24.3 Å². The summed E-state index contributed by atoms with van der Waals surface area (Å²) in [4.78, 5) is 26.7. The van der Waals surface area contributed by atoms with Crippen LogP contribution in [0.4, 0.5) is 4.39 Å². The first-order valence-corrected chi connectivity index (χ1v) is 11.1. The quantitative estimate of drug-likeness (QED) is 0.536. The van der Waals surface area contributed by atoms with Crippen molar-refractivity contribution in [2.75, 3.05) is 0 Å². The molecule has 0 saturated carbocycles. The Labute approximate surface area is 197 Å². The van der Waals surface area contributed by atoms with Crippen LogP contribution in [0.1, 0.15) is 27.8 Å². The Balaban J connectivity index is 1.61. The molecule has 0 fully saturated rings. The molecular formula is C27H27FN2O4. The fourth-order valence-corrected chi connectivity index (χ4v) is 4.67. The smallest absolute Gasteiger partial charge is 0.326 e. The summed E-state index contributed by atoms with van der Waals surface area (Å²) < 4.78 is 13.3. The van der Waals surface area contributed by atoms with Crippen LogP contribution in [0.5, 0.6) is 5.75 Å². The number of hydrogen-bond acceptors (Lipinski definition) is 4. The second-order valence-electron chi connectivity index (χ2n) is 8.88. The maximum atomic E-state index is 13.4. The Morgan fingerprint density at radius 3 is 2.26 bits per heavy atom. The zero-order chi connectivity index (χ0) is 24.6. The first-order valence-electron chi connectivity index (χ1n) is 11.1. The van der Waals surface area contributed by atoms with E-state index in [0.717, 1.165) is 38.9 Å². The number of phenolic OH excluding ortho intramolecular Hbond substituents is 1. The molecule has 2 atom stereocenters. The first kappa shape index (κ1) is 23.4. The van der Waals surface area contributed by atoms with Gasteiger partial charge in [-0.2, -0.15) is 0 Å². The lowest BCUT2D eigenvalue weighted by atomic mass is 9.89. The van der Waals surface area contributed by atoms with E-state index in [2.05, 4.69) is 0 Å². The van der Waals surface area contributed by atoms with Crippen molar-refractivity contribution in [3.63, 3.8) is 0 Å². The molecule has 1 heterocycles. The van der Waals surface area contributed by atoms with Crippen molar-refractivity contribution >= 4 is 11.9 Å². The van der Waals surface area contributed by atoms with E-state index >= 15 is 0 Å². The van der Waals surface area contributed by atoms with Crippen LogP contribution in [-0.4, -0.2) is 39.1 Å². The van der Waals surface area contributed by atoms with Gasteiger partial charge >= 0.3 is 5.97 Å². The van der Waals surface area contributed by atoms with E-state index in [-0.39, 0.29) is 31.0 Å². The Kier molecular flexibility index (Phi) is 6.39. The van der Waals surface area contributed by atoms with Gasteiger partial charge in [0.05, 0.1) is 6.04 Å². The Morgan fingerprint density at radius 2 is 1.65 bits per heavy atom. The number of benzene rings is 3. The highest BCUT2D eigenvalue weighted by Gasteiger charge is 2.36. The fourth-order valence-electron chi connectivity index (χ4n) is 4.67. The highest BCUT2D eigenvalue weighted by atomic mass is 19.1. The molecule has 176 valence electrons. The molecule has 0 bridgehead atoms. The molecule has 0 saturated heterocycles. The number of rotatable bonds is 5. The Bertz CT molecular complexity index is 1230. The zero-order valence-corrected chi connectivity index (χ0v) is 19.1. The molecule has 1 aliphatic heterocycles. The number of hydrogen-bond donors (Lipinski definition) is 3. The number of aromatic hydroxyl groups is 1. The standard InChI is InChI=1S/C27H27FN2O4/c1-15-9-22(31)10-16(2)23(15)13-24(29)26(32)30-14-20-11-18(17-5-7-21(28)8-6-17)3-4-19(20)12-25(30)27(33)34/h3-11,24-25,31H,12-14,29H2,1-2H3,(H,33,34)/t24-,25+/m1/s1. The molecule has 4 N–H and O–H groups in total. The lowest BCUT2D eigenvalue weighted by molar-refractivity contribution is -0.152. The van der Waals surface area contributed by atoms with Crippen molar-refractivity contribution in [2.24, 2.45) is 5.73 Å². The molecule has 1 aliphatic rings. The monoisotopic (exact) mass is 462 g/mol. The summed E-state index contributed by atoms with van der Waals surface area (Å²) in [6, 6.07) is 13.1. The summed E-state index contributed by atoms with van der Waals surface area (Å²) in [5, 5.41) is 19.6. The van der Waals surface area contributed by atoms with Crippen molar-refractivity contribution in [3.8, 4) is 16.9 Å². The second-order valence-corrected chi connectivity index (χ2v) is 8.88. The number of fused-ring (bicyclic) bond motifs is 1. The largest absolute Gasteiger partial charge is 0.508 e. The number of aliphatic carboxylic acids is 1. The summed E-state index contributed by atoms with van der Waals surface area (Å²) in [5.41, 5.74) is 12.2. The highest BCUT2D eigenvalue weighted by Crippen LogP contribution is 2.30. The summed E-state index contributed by atoms with van der Waals surface area (Å²) in [5.74, 6) is -1.69. The molecule has 3 aromatic rings. The number of carboxylic acids is 1. The predicted octanol–water partition coefficient (Wildman–Crippen LogP) is 3.72. The number of carbonyl (C=O) groups is 2. The molecule has 0 aromatic heterocycles. The summed E-state index contributed by atoms with van der Waals surface area (Å²) in [7, 11) is 0. The number of halogens is 1. The van der Waals surface area contributed by atoms with E-state index in [4.69, 9.17) is 5.73 Å². The van der Waals surface area contributed by atoms with Crippen LogP contribution in [0.2, 0.25) is 0 Å². The molecule has 34 heavy (non-hydrogen) atoms. The zero-order valence-electron chi connectivity index (χ0n) is 19.1. The lowest BCUT2D eigenvalue weighted by Crippen LogP contribution is -2.54. The van der Waals surface area contributed by atoms with E-state index < -0.39 is 24.0 Å². The van der Waals surface area contributed by atoms with Crippen LogP contribution in [-0.2, 0) is 29.0 Å². The van der Waals surface area contributed by atoms with E-state index in [1.165, 1.54) is 17.0 Å². The molecule has 0 aliphatic carbocycles. The van der Waals surface area contributed by atoms with Crippen molar-refractivity contribution in [2.45, 2.75) is 45.3 Å². The van der Waals surface area contributed by atoms with Crippen LogP contribution in [0.15, 0.2) is 54.6 Å². The van der Waals surface area contributed by atoms with Gasteiger partial charge < -0.3 is 20.8 Å². The van der Waals surface area contributed by atoms with Crippen LogP contribution >= 0.6 is 0 Å². The molecular weight excluding hydrogens is 435 g/mol. The van der Waals surface area contributed by atoms with Crippen LogP contribution in [0.25, 0.3) is 11.1 Å². The topological polar surface area (TPSA) is 104 Å². The van der Waals surface area contributed by atoms with Gasteiger partial charge in [-0.1, -0.05) is 24.3 Å². The number of amides is 1. The number of aryl methyl sites for hydroxylation is 2. The van der Waals surface area contributed by atoms with Gasteiger partial charge in [0.2, 0.25) is 5.91 Å². The molecule has 7 heteroatoms. The average Bonchev–Trinajstić information content (AvgIpc) is 2.80. The first-order chi connectivity index (χ1) is 16.1. The fraction of sp³-hybridized carbons (Fsp3) is 0.259. The minimum atomic E-state index is -1.08. The van der Waals surface area contributed by atoms with Crippen LogP contribution in [0.3, 0.4) is 0 Å². The van der Waals surface area contributed by atoms with E-state index in [9.17, 15) is 24.2 Å². The lowest BCUT2D eigenvalue weighted by Gasteiger charge is -2.36. The number of carbonyl (C=O) groups excluding carboxylic acids is 1. The van der Waals surface area contributed by atoms with Gasteiger partial charge in [-0.3, -0.25) is 4.79 Å². The highest BCUT2D eigenvalue weighted by molar-refractivity contribution is 5.88. The van der Waals surface area contributed by atoms with E-state index in [1.807, 2.05) is 32.0 Å². The van der Waals surface area contributed by atoms with Crippen LogP contribution in [0, 0.1) is 19.7 Å². The minimum absolute atomic E-state index is 0.126. The third-order valence-electron chi connectivity index (χ3n) is 6.50. The van der Waals surface area contributed by atoms with Gasteiger partial charge in [0.25, 0.3) is 0 Å². The van der Waals surface area contributed by atoms with Gasteiger partial charge in [-0.15, -0.1) is 0 Å². The summed E-state index contributed by atoms with van der Waals surface area (Å²) in [6.45, 7) is 3.81. The maximum Gasteiger partial charge on any atom is 0.326 e. The van der Waals surface area contributed by atoms with Gasteiger partial charge in [0.1, 0.15) is 17.6 Å². The Hall–Kier alpha value is -3.71. The minimum Gasteiger partial charge on any atom is -0.508 e. The van der Waals surface area contributed by atoms with Crippen molar-refractivity contribution in [1.29, 1.82) is 0 Å². The molecule has 0 unspecified atom stereocenters. The predicted molar refractivity (Wildman–Crippen MR) is 127 cm³/mol. The second kappa shape index (κ2) is 9.27. The van der Waals surface area contributed by atoms with Gasteiger partial charge in [0, 0.05) is 13.0 Å². The average molecular weight is 463 g/mol. The van der Waals surface area contributed by atoms with Crippen molar-refractivity contribution in [1.82, 2.24) is 4.90 Å². The molecule has 6 nitrogen and oxygen atoms in total. The van der Waals surface area contributed by atoms with Crippen molar-refractivity contribution in [3.05, 3.63) is 88.2 Å². The summed E-state index contributed by atoms with van der Waals surface area (Å²) in [6.07, 6.45) is 0.423. The third kappa shape index (κ3) is 4.65. The van der Waals surface area contributed by atoms with Gasteiger partial charge in [-0.25, -0.2) is 9.18 Å². The molecule has 4 rings (SSSR count). The maximum absolute atomic E-state index is 13.4. The Morgan fingerprint density at radius 1 is 1.03 bits per heavy atom. The summed E-state index contributed by atoms with van der Waals surface area (Å²) >= 11 is 0. The molecule has 1 amide bonds. The third-order valence-corrected chi connectivity index (χ3v) is 6.50. The number of nitrogens with two attached hydrogens (primary N) is 1. The SMILES string of the molecule is Cc1cc(O)cc(C)c1C[C@@H](N)C(=O)N1Cc2cc(-c3ccc(F)cc3)ccc2C[C@H]1C(=O)O.